The van der Waals surface area contributed by atoms with Gasteiger partial charge in [-0.3, -0.25) is 4.90 Å². The van der Waals surface area contributed by atoms with E-state index in [1.54, 1.807) is 0 Å². The van der Waals surface area contributed by atoms with Crippen LogP contribution in [0.3, 0.4) is 0 Å². The Morgan fingerprint density at radius 2 is 2.35 bits per heavy atom. The molecule has 0 amide bonds. The predicted molar refractivity (Wildman–Crippen MR) is 72.8 cm³/mol. The maximum Gasteiger partial charge on any atom is 0.220 e. The van der Waals surface area contributed by atoms with Gasteiger partial charge in [0.1, 0.15) is 0 Å². The number of rotatable bonds is 3. The van der Waals surface area contributed by atoms with Gasteiger partial charge in [0, 0.05) is 20.0 Å². The molecule has 1 aliphatic heterocycles. The Morgan fingerprint density at radius 3 is 3.10 bits per heavy atom. The van der Waals surface area contributed by atoms with Gasteiger partial charge in [-0.25, -0.2) is 0 Å². The summed E-state index contributed by atoms with van der Waals surface area (Å²) in [6.45, 7) is 4.62. The number of likely N-dealkylation sites (tertiary alicyclic amines) is 1. The highest BCUT2D eigenvalue weighted by molar-refractivity contribution is 5.32. The van der Waals surface area contributed by atoms with E-state index in [1.807, 2.05) is 25.1 Å². The van der Waals surface area contributed by atoms with Crippen LogP contribution in [0.2, 0.25) is 0 Å². The van der Waals surface area contributed by atoms with Crippen LogP contribution >= 0.6 is 0 Å². The first kappa shape index (κ1) is 12.8. The Bertz CT molecular complexity index is 643. The largest absolute Gasteiger partial charge is 0.425 e. The van der Waals surface area contributed by atoms with Crippen molar-refractivity contribution in [3.05, 3.63) is 47.2 Å². The molecule has 3 rings (SSSR count). The fraction of sp³-hybridized carbons (Fsp3) is 0.400. The fourth-order valence-corrected chi connectivity index (χ4v) is 2.65. The summed E-state index contributed by atoms with van der Waals surface area (Å²) in [4.78, 5) is 2.36. The molecule has 0 aliphatic carbocycles. The lowest BCUT2D eigenvalue weighted by atomic mass is 10.1. The average molecular weight is 268 g/mol. The molecular weight excluding hydrogens is 252 g/mol. The van der Waals surface area contributed by atoms with Gasteiger partial charge in [0.25, 0.3) is 0 Å². The Morgan fingerprint density at radius 1 is 1.45 bits per heavy atom. The third-order valence-electron chi connectivity index (χ3n) is 3.63. The van der Waals surface area contributed by atoms with E-state index in [0.717, 1.165) is 31.9 Å². The van der Waals surface area contributed by atoms with E-state index >= 15 is 0 Å². The summed E-state index contributed by atoms with van der Waals surface area (Å²) in [5.41, 5.74) is 1.89. The summed E-state index contributed by atoms with van der Waals surface area (Å²) in [6, 6.07) is 9.95. The molecule has 20 heavy (non-hydrogen) atoms. The van der Waals surface area contributed by atoms with E-state index in [4.69, 9.17) is 9.68 Å². The Labute approximate surface area is 117 Å². The first-order valence-electron chi connectivity index (χ1n) is 6.76. The first-order chi connectivity index (χ1) is 9.74. The maximum absolute atomic E-state index is 8.92. The fourth-order valence-electron chi connectivity index (χ4n) is 2.65. The monoisotopic (exact) mass is 268 g/mol. The number of aromatic nitrogens is 2. The number of aryl methyl sites for hydroxylation is 1. The van der Waals surface area contributed by atoms with Crippen LogP contribution in [0.25, 0.3) is 0 Å². The van der Waals surface area contributed by atoms with Crippen LogP contribution in [-0.4, -0.2) is 28.2 Å². The Kier molecular flexibility index (Phi) is 3.48. The number of hydrogen-bond donors (Lipinski definition) is 0. The van der Waals surface area contributed by atoms with Crippen molar-refractivity contribution >= 4 is 0 Å². The minimum Gasteiger partial charge on any atom is -0.425 e. The van der Waals surface area contributed by atoms with Crippen LogP contribution in [-0.2, 0) is 6.54 Å². The average Bonchev–Trinajstić information content (AvgIpc) is 3.08. The summed E-state index contributed by atoms with van der Waals surface area (Å²) in [5.74, 6) is 1.70. The van der Waals surface area contributed by atoms with Crippen molar-refractivity contribution in [2.45, 2.75) is 25.8 Å². The second-order valence-electron chi connectivity index (χ2n) is 5.19. The van der Waals surface area contributed by atoms with Crippen LogP contribution in [0, 0.1) is 18.3 Å². The first-order valence-corrected chi connectivity index (χ1v) is 6.76. The molecule has 0 radical (unpaired) electrons. The molecule has 0 saturated carbocycles. The SMILES string of the molecule is Cc1nnc(C2CCN(Cc3cccc(C#N)c3)C2)o1. The molecule has 1 fully saturated rings. The summed E-state index contributed by atoms with van der Waals surface area (Å²) in [6.07, 6.45) is 1.04. The highest BCUT2D eigenvalue weighted by atomic mass is 16.4. The lowest BCUT2D eigenvalue weighted by molar-refractivity contribution is 0.319. The molecule has 2 heterocycles. The van der Waals surface area contributed by atoms with Crippen molar-refractivity contribution in [3.63, 3.8) is 0 Å². The van der Waals surface area contributed by atoms with Crippen molar-refractivity contribution in [2.24, 2.45) is 0 Å². The number of hydrogen-bond acceptors (Lipinski definition) is 5. The summed E-state index contributed by atoms with van der Waals surface area (Å²) in [5, 5.41) is 16.9. The topological polar surface area (TPSA) is 66.0 Å². The Hall–Kier alpha value is -2.19. The Balaban J connectivity index is 1.64. The highest BCUT2D eigenvalue weighted by Crippen LogP contribution is 2.27. The summed E-state index contributed by atoms with van der Waals surface area (Å²) >= 11 is 0. The van der Waals surface area contributed by atoms with Crippen molar-refractivity contribution in [2.75, 3.05) is 13.1 Å². The number of nitrogens with zero attached hydrogens (tertiary/aromatic N) is 4. The van der Waals surface area contributed by atoms with E-state index < -0.39 is 0 Å². The van der Waals surface area contributed by atoms with Crippen molar-refractivity contribution in [1.29, 1.82) is 5.26 Å². The molecule has 1 aromatic carbocycles. The molecule has 0 N–H and O–H groups in total. The van der Waals surface area contributed by atoms with Gasteiger partial charge in [-0.05, 0) is 30.7 Å². The molecular formula is C15H16N4O. The van der Waals surface area contributed by atoms with Gasteiger partial charge >= 0.3 is 0 Å². The minimum atomic E-state index is 0.329. The molecule has 1 aliphatic rings. The third kappa shape index (κ3) is 2.70. The van der Waals surface area contributed by atoms with E-state index in [9.17, 15) is 0 Å². The molecule has 102 valence electrons. The van der Waals surface area contributed by atoms with E-state index in [2.05, 4.69) is 27.2 Å². The van der Waals surface area contributed by atoms with Crippen molar-refractivity contribution < 1.29 is 4.42 Å². The zero-order valence-electron chi connectivity index (χ0n) is 11.4. The van der Waals surface area contributed by atoms with Crippen LogP contribution in [0.15, 0.2) is 28.7 Å². The van der Waals surface area contributed by atoms with E-state index in [0.29, 0.717) is 17.4 Å². The highest BCUT2D eigenvalue weighted by Gasteiger charge is 2.27. The molecule has 0 bridgehead atoms. The lowest BCUT2D eigenvalue weighted by Gasteiger charge is -2.15. The summed E-state index contributed by atoms with van der Waals surface area (Å²) < 4.78 is 5.51. The zero-order valence-corrected chi connectivity index (χ0v) is 11.4. The predicted octanol–water partition coefficient (Wildman–Crippen LogP) is 2.24. The van der Waals surface area contributed by atoms with E-state index in [-0.39, 0.29) is 0 Å². The third-order valence-corrected chi connectivity index (χ3v) is 3.63. The molecule has 1 atom stereocenters. The molecule has 5 nitrogen and oxygen atoms in total. The van der Waals surface area contributed by atoms with Crippen LogP contribution in [0.5, 0.6) is 0 Å². The van der Waals surface area contributed by atoms with Crippen LogP contribution in [0.1, 0.15) is 35.2 Å². The van der Waals surface area contributed by atoms with Gasteiger partial charge in [-0.15, -0.1) is 10.2 Å². The standard InChI is InChI=1S/C15H16N4O/c1-11-17-18-15(20-11)14-5-6-19(10-14)9-13-4-2-3-12(7-13)8-16/h2-4,7,14H,5-6,9-10H2,1H3. The molecule has 2 aromatic rings. The number of benzene rings is 1. The van der Waals surface area contributed by atoms with Gasteiger partial charge in [-0.1, -0.05) is 12.1 Å². The molecule has 5 heteroatoms. The molecule has 1 aromatic heterocycles. The second-order valence-corrected chi connectivity index (χ2v) is 5.19. The van der Waals surface area contributed by atoms with Gasteiger partial charge in [0.05, 0.1) is 17.6 Å². The normalized spacial score (nSPS) is 19.1. The smallest absolute Gasteiger partial charge is 0.220 e. The van der Waals surface area contributed by atoms with Crippen molar-refractivity contribution in [1.82, 2.24) is 15.1 Å². The number of nitriles is 1. The van der Waals surface area contributed by atoms with Crippen LogP contribution < -0.4 is 0 Å². The maximum atomic E-state index is 8.92. The van der Waals surface area contributed by atoms with Gasteiger partial charge in [0.15, 0.2) is 0 Å². The van der Waals surface area contributed by atoms with Gasteiger partial charge in [0.2, 0.25) is 11.8 Å². The van der Waals surface area contributed by atoms with E-state index in [1.165, 1.54) is 5.56 Å². The lowest BCUT2D eigenvalue weighted by Crippen LogP contribution is -2.19. The molecule has 0 spiro atoms. The quantitative estimate of drug-likeness (QED) is 0.854. The van der Waals surface area contributed by atoms with Crippen LogP contribution in [0.4, 0.5) is 0 Å². The minimum absolute atomic E-state index is 0.329. The van der Waals surface area contributed by atoms with Crippen molar-refractivity contribution in [3.8, 4) is 6.07 Å². The van der Waals surface area contributed by atoms with Gasteiger partial charge < -0.3 is 4.42 Å². The molecule has 1 saturated heterocycles. The second kappa shape index (κ2) is 5.43. The molecule has 1 unspecified atom stereocenters. The summed E-state index contributed by atoms with van der Waals surface area (Å²) in [7, 11) is 0. The van der Waals surface area contributed by atoms with Gasteiger partial charge in [-0.2, -0.15) is 5.26 Å². The zero-order chi connectivity index (χ0) is 13.9.